The molecule has 0 saturated heterocycles. The highest BCUT2D eigenvalue weighted by Crippen LogP contribution is 2.32. The van der Waals surface area contributed by atoms with Crippen molar-refractivity contribution in [3.63, 3.8) is 0 Å². The Balaban J connectivity index is 2.32. The van der Waals surface area contributed by atoms with Gasteiger partial charge in [-0.15, -0.1) is 0 Å². The molecule has 20 heavy (non-hydrogen) atoms. The Kier molecular flexibility index (Phi) is 5.49. The van der Waals surface area contributed by atoms with Crippen LogP contribution in [0.25, 0.3) is 0 Å². The smallest absolute Gasteiger partial charge is 0.120 e. The van der Waals surface area contributed by atoms with Gasteiger partial charge in [-0.1, -0.05) is 39.7 Å². The van der Waals surface area contributed by atoms with Gasteiger partial charge in [-0.2, -0.15) is 0 Å². The third-order valence-corrected chi connectivity index (χ3v) is 4.84. The van der Waals surface area contributed by atoms with Crippen LogP contribution >= 0.6 is 43.5 Å². The fraction of sp³-hybridized carbons (Fsp3) is 0.200. The van der Waals surface area contributed by atoms with Crippen LogP contribution in [0.3, 0.4) is 0 Å². The van der Waals surface area contributed by atoms with Crippen LogP contribution in [0.1, 0.15) is 24.1 Å². The van der Waals surface area contributed by atoms with E-state index in [9.17, 15) is 0 Å². The topological polar surface area (TPSA) is 35.2 Å². The van der Waals surface area contributed by atoms with Gasteiger partial charge < -0.3 is 10.5 Å². The molecule has 2 rings (SSSR count). The number of rotatable bonds is 4. The zero-order valence-corrected chi connectivity index (χ0v) is 14.8. The molecule has 2 aromatic rings. The van der Waals surface area contributed by atoms with Gasteiger partial charge in [0.15, 0.2) is 0 Å². The average molecular weight is 420 g/mol. The van der Waals surface area contributed by atoms with Crippen molar-refractivity contribution in [1.82, 2.24) is 0 Å². The summed E-state index contributed by atoms with van der Waals surface area (Å²) in [6, 6.07) is 11.3. The molecule has 1 unspecified atom stereocenters. The van der Waals surface area contributed by atoms with Gasteiger partial charge >= 0.3 is 0 Å². The Morgan fingerprint density at radius 1 is 1.15 bits per heavy atom. The first-order valence-electron chi connectivity index (χ1n) is 6.15. The lowest BCUT2D eigenvalue weighted by Crippen LogP contribution is -2.12. The number of ether oxygens (including phenoxy) is 1. The predicted molar refractivity (Wildman–Crippen MR) is 90.5 cm³/mol. The van der Waals surface area contributed by atoms with E-state index < -0.39 is 0 Å². The molecule has 2 aromatic carbocycles. The quantitative estimate of drug-likeness (QED) is 0.729. The molecule has 0 aromatic heterocycles. The van der Waals surface area contributed by atoms with Crippen LogP contribution in [0.15, 0.2) is 45.3 Å². The number of benzene rings is 2. The number of hydrogen-bond acceptors (Lipinski definition) is 2. The third-order valence-electron chi connectivity index (χ3n) is 2.92. The van der Waals surface area contributed by atoms with E-state index in [1.165, 1.54) is 0 Å². The second kappa shape index (κ2) is 6.94. The summed E-state index contributed by atoms with van der Waals surface area (Å²) in [5.74, 6) is 0.823. The number of nitrogens with two attached hydrogens (primary N) is 1. The lowest BCUT2D eigenvalue weighted by Gasteiger charge is -2.16. The first-order chi connectivity index (χ1) is 9.52. The van der Waals surface area contributed by atoms with Crippen molar-refractivity contribution in [2.24, 2.45) is 5.73 Å². The molecule has 0 saturated carbocycles. The van der Waals surface area contributed by atoms with Crippen molar-refractivity contribution in [1.29, 1.82) is 0 Å². The van der Waals surface area contributed by atoms with Crippen molar-refractivity contribution in [2.45, 2.75) is 13.0 Å². The molecule has 0 amide bonds. The number of halogens is 3. The summed E-state index contributed by atoms with van der Waals surface area (Å²) in [7, 11) is 0. The van der Waals surface area contributed by atoms with E-state index >= 15 is 0 Å². The van der Waals surface area contributed by atoms with E-state index in [0.29, 0.717) is 11.6 Å². The lowest BCUT2D eigenvalue weighted by atomic mass is 9.99. The first-order valence-corrected chi connectivity index (χ1v) is 8.12. The van der Waals surface area contributed by atoms with Gasteiger partial charge in [-0.3, -0.25) is 0 Å². The molecule has 5 heteroatoms. The molecule has 106 valence electrons. The summed E-state index contributed by atoms with van der Waals surface area (Å²) < 4.78 is 7.25. The van der Waals surface area contributed by atoms with Gasteiger partial charge in [0.05, 0.1) is 17.7 Å². The second-order valence-corrected chi connectivity index (χ2v) is 6.38. The Morgan fingerprint density at radius 2 is 1.90 bits per heavy atom. The number of hydrogen-bond donors (Lipinski definition) is 1. The van der Waals surface area contributed by atoms with Gasteiger partial charge in [-0.25, -0.2) is 0 Å². The van der Waals surface area contributed by atoms with E-state index in [0.717, 1.165) is 25.8 Å². The molecule has 0 heterocycles. The lowest BCUT2D eigenvalue weighted by molar-refractivity contribution is 0.340. The Hall–Kier alpha value is -0.550. The second-order valence-electron chi connectivity index (χ2n) is 4.27. The molecule has 0 aliphatic rings. The van der Waals surface area contributed by atoms with Crippen molar-refractivity contribution in [3.05, 3.63) is 61.5 Å². The van der Waals surface area contributed by atoms with Gasteiger partial charge in [0, 0.05) is 8.95 Å². The van der Waals surface area contributed by atoms with Gasteiger partial charge in [0.25, 0.3) is 0 Å². The van der Waals surface area contributed by atoms with E-state index in [4.69, 9.17) is 22.1 Å². The van der Waals surface area contributed by atoms with E-state index in [1.54, 1.807) is 0 Å². The zero-order chi connectivity index (χ0) is 14.7. The summed E-state index contributed by atoms with van der Waals surface area (Å²) in [5.41, 5.74) is 8.27. The molecule has 0 aliphatic carbocycles. The minimum absolute atomic E-state index is 0.245. The third kappa shape index (κ3) is 3.55. The maximum Gasteiger partial charge on any atom is 0.120 e. The predicted octanol–water partition coefficient (Wildman–Crippen LogP) is 5.31. The molecule has 0 radical (unpaired) electrons. The van der Waals surface area contributed by atoms with Gasteiger partial charge in [0.2, 0.25) is 0 Å². The van der Waals surface area contributed by atoms with Crippen molar-refractivity contribution < 1.29 is 4.74 Å². The summed E-state index contributed by atoms with van der Waals surface area (Å²) in [5, 5.41) is 0.653. The molecule has 1 atom stereocenters. The molecule has 0 bridgehead atoms. The highest BCUT2D eigenvalue weighted by atomic mass is 79.9. The van der Waals surface area contributed by atoms with Crippen LogP contribution in [-0.2, 0) is 0 Å². The van der Waals surface area contributed by atoms with E-state index in [1.807, 2.05) is 43.3 Å². The fourth-order valence-electron chi connectivity index (χ4n) is 1.90. The summed E-state index contributed by atoms with van der Waals surface area (Å²) >= 11 is 13.0. The normalized spacial score (nSPS) is 12.2. The highest BCUT2D eigenvalue weighted by Gasteiger charge is 2.14. The van der Waals surface area contributed by atoms with Crippen LogP contribution < -0.4 is 10.5 Å². The largest absolute Gasteiger partial charge is 0.494 e. The molecular formula is C15H14Br2ClNO. The van der Waals surface area contributed by atoms with Crippen molar-refractivity contribution in [2.75, 3.05) is 6.61 Å². The van der Waals surface area contributed by atoms with E-state index in [2.05, 4.69) is 31.9 Å². The minimum atomic E-state index is -0.245. The summed E-state index contributed by atoms with van der Waals surface area (Å²) in [4.78, 5) is 0. The molecular weight excluding hydrogens is 405 g/mol. The van der Waals surface area contributed by atoms with Crippen molar-refractivity contribution in [3.8, 4) is 5.75 Å². The monoisotopic (exact) mass is 417 g/mol. The first kappa shape index (κ1) is 15.8. The fourth-order valence-corrected chi connectivity index (χ4v) is 2.94. The van der Waals surface area contributed by atoms with Crippen LogP contribution in [0.5, 0.6) is 5.75 Å². The van der Waals surface area contributed by atoms with Crippen LogP contribution in [0.2, 0.25) is 5.02 Å². The Bertz CT molecular complexity index is 619. The Labute approximate surface area is 140 Å². The minimum Gasteiger partial charge on any atom is -0.494 e. The van der Waals surface area contributed by atoms with Gasteiger partial charge in [-0.05, 0) is 58.2 Å². The molecule has 2 N–H and O–H groups in total. The molecule has 0 spiro atoms. The van der Waals surface area contributed by atoms with Crippen LogP contribution in [0, 0.1) is 0 Å². The van der Waals surface area contributed by atoms with Crippen LogP contribution in [0.4, 0.5) is 0 Å². The maximum atomic E-state index is 6.32. The summed E-state index contributed by atoms with van der Waals surface area (Å²) in [6.07, 6.45) is 0. The summed E-state index contributed by atoms with van der Waals surface area (Å²) in [6.45, 7) is 2.59. The standard InChI is InChI=1S/C15H14Br2ClNO/c1-2-20-10-4-5-11(13(17)8-10)15(19)9-3-6-12(16)14(18)7-9/h3-8,15H,2,19H2,1H3. The van der Waals surface area contributed by atoms with Gasteiger partial charge in [0.1, 0.15) is 5.75 Å². The van der Waals surface area contributed by atoms with Crippen LogP contribution in [-0.4, -0.2) is 6.61 Å². The molecule has 0 aliphatic heterocycles. The average Bonchev–Trinajstić information content (AvgIpc) is 2.42. The molecule has 0 fully saturated rings. The maximum absolute atomic E-state index is 6.32. The van der Waals surface area contributed by atoms with Crippen molar-refractivity contribution >= 4 is 43.5 Å². The zero-order valence-electron chi connectivity index (χ0n) is 10.9. The molecule has 2 nitrogen and oxygen atoms in total. The van der Waals surface area contributed by atoms with E-state index in [-0.39, 0.29) is 6.04 Å². The SMILES string of the molecule is CCOc1ccc(C(N)c2ccc(Br)c(Cl)c2)c(Br)c1. The highest BCUT2D eigenvalue weighted by molar-refractivity contribution is 9.10. The Morgan fingerprint density at radius 3 is 2.50 bits per heavy atom.